The molecule has 2 saturated heterocycles. The molecule has 2 N–H and O–H groups in total. The van der Waals surface area contributed by atoms with E-state index in [1.165, 1.54) is 12.0 Å². The number of ether oxygens (including phenoxy) is 2. The van der Waals surface area contributed by atoms with Crippen molar-refractivity contribution in [2.75, 3.05) is 46.0 Å². The fourth-order valence-electron chi connectivity index (χ4n) is 4.12. The Morgan fingerprint density at radius 2 is 2.14 bits per heavy atom. The fourth-order valence-corrected chi connectivity index (χ4v) is 4.12. The van der Waals surface area contributed by atoms with E-state index < -0.39 is 0 Å². The largest absolute Gasteiger partial charge is 0.379 e. The second kappa shape index (κ2) is 12.2. The summed E-state index contributed by atoms with van der Waals surface area (Å²) in [6.07, 6.45) is 3.51. The molecule has 162 valence electrons. The van der Waals surface area contributed by atoms with E-state index in [2.05, 4.69) is 59.7 Å². The molecule has 1 aromatic carbocycles. The van der Waals surface area contributed by atoms with Crippen LogP contribution in [0.3, 0.4) is 0 Å². The van der Waals surface area contributed by atoms with Gasteiger partial charge in [-0.25, -0.2) is 0 Å². The van der Waals surface area contributed by atoms with Crippen molar-refractivity contribution < 1.29 is 9.47 Å². The Morgan fingerprint density at radius 3 is 2.90 bits per heavy atom. The van der Waals surface area contributed by atoms with Gasteiger partial charge >= 0.3 is 0 Å². The van der Waals surface area contributed by atoms with Crippen LogP contribution in [0.25, 0.3) is 0 Å². The third kappa shape index (κ3) is 7.61. The SMILES string of the molecule is CCNC(=NCC1CC(C)N(Cc2ccccc2)C1)NCCCOC1CCOC1. The van der Waals surface area contributed by atoms with Gasteiger partial charge in [0.2, 0.25) is 0 Å². The highest BCUT2D eigenvalue weighted by molar-refractivity contribution is 5.79. The highest BCUT2D eigenvalue weighted by Crippen LogP contribution is 2.25. The van der Waals surface area contributed by atoms with Crippen LogP contribution in [-0.4, -0.2) is 69.0 Å². The maximum Gasteiger partial charge on any atom is 0.191 e. The van der Waals surface area contributed by atoms with E-state index in [4.69, 9.17) is 14.5 Å². The summed E-state index contributed by atoms with van der Waals surface area (Å²) in [4.78, 5) is 7.44. The van der Waals surface area contributed by atoms with E-state index in [0.717, 1.165) is 71.3 Å². The first kappa shape index (κ1) is 22.1. The summed E-state index contributed by atoms with van der Waals surface area (Å²) >= 11 is 0. The van der Waals surface area contributed by atoms with Gasteiger partial charge in [0.1, 0.15) is 0 Å². The van der Waals surface area contributed by atoms with Gasteiger partial charge in [-0.3, -0.25) is 9.89 Å². The van der Waals surface area contributed by atoms with Crippen LogP contribution in [0.1, 0.15) is 38.7 Å². The Bertz CT molecular complexity index is 604. The zero-order chi connectivity index (χ0) is 20.3. The Kier molecular flexibility index (Phi) is 9.25. The van der Waals surface area contributed by atoms with Crippen molar-refractivity contribution in [1.82, 2.24) is 15.5 Å². The number of benzene rings is 1. The molecule has 3 rings (SSSR count). The lowest BCUT2D eigenvalue weighted by atomic mass is 10.1. The first-order valence-electron chi connectivity index (χ1n) is 11.2. The summed E-state index contributed by atoms with van der Waals surface area (Å²) in [5, 5.41) is 6.81. The summed E-state index contributed by atoms with van der Waals surface area (Å²) in [5.74, 6) is 1.54. The average Bonchev–Trinajstić information content (AvgIpc) is 3.36. The van der Waals surface area contributed by atoms with E-state index in [1.54, 1.807) is 0 Å². The molecule has 0 radical (unpaired) electrons. The first-order valence-corrected chi connectivity index (χ1v) is 11.2. The number of hydrogen-bond acceptors (Lipinski definition) is 4. The van der Waals surface area contributed by atoms with Crippen LogP contribution in [-0.2, 0) is 16.0 Å². The van der Waals surface area contributed by atoms with Gasteiger partial charge in [0, 0.05) is 52.0 Å². The maximum atomic E-state index is 5.83. The van der Waals surface area contributed by atoms with E-state index in [-0.39, 0.29) is 0 Å². The number of hydrogen-bond donors (Lipinski definition) is 2. The molecule has 29 heavy (non-hydrogen) atoms. The molecule has 6 nitrogen and oxygen atoms in total. The van der Waals surface area contributed by atoms with Crippen molar-refractivity contribution in [2.45, 2.75) is 51.8 Å². The second-order valence-electron chi connectivity index (χ2n) is 8.22. The third-order valence-corrected chi connectivity index (χ3v) is 5.73. The lowest BCUT2D eigenvalue weighted by Crippen LogP contribution is -2.38. The Balaban J connectivity index is 1.37. The number of likely N-dealkylation sites (tertiary alicyclic amines) is 1. The van der Waals surface area contributed by atoms with Crippen molar-refractivity contribution >= 4 is 5.96 Å². The zero-order valence-corrected chi connectivity index (χ0v) is 18.1. The van der Waals surface area contributed by atoms with Crippen molar-refractivity contribution in [2.24, 2.45) is 10.9 Å². The molecule has 0 saturated carbocycles. The summed E-state index contributed by atoms with van der Waals surface area (Å²) in [7, 11) is 0. The van der Waals surface area contributed by atoms with Gasteiger partial charge in [0.05, 0.1) is 12.7 Å². The molecule has 0 aliphatic carbocycles. The number of rotatable bonds is 10. The number of nitrogens with zero attached hydrogens (tertiary/aromatic N) is 2. The molecule has 2 fully saturated rings. The normalized spacial score (nSPS) is 25.4. The second-order valence-corrected chi connectivity index (χ2v) is 8.22. The molecule has 0 spiro atoms. The van der Waals surface area contributed by atoms with Gasteiger partial charge in [0.25, 0.3) is 0 Å². The van der Waals surface area contributed by atoms with Crippen LogP contribution in [0, 0.1) is 5.92 Å². The van der Waals surface area contributed by atoms with E-state index in [1.807, 2.05) is 0 Å². The lowest BCUT2D eigenvalue weighted by molar-refractivity contribution is 0.0420. The summed E-state index contributed by atoms with van der Waals surface area (Å²) in [6, 6.07) is 11.4. The van der Waals surface area contributed by atoms with Gasteiger partial charge < -0.3 is 20.1 Å². The van der Waals surface area contributed by atoms with Gasteiger partial charge in [-0.1, -0.05) is 30.3 Å². The van der Waals surface area contributed by atoms with Crippen molar-refractivity contribution in [3.63, 3.8) is 0 Å². The van der Waals surface area contributed by atoms with E-state index >= 15 is 0 Å². The molecular formula is C23H38N4O2. The number of guanidine groups is 1. The quantitative estimate of drug-likeness (QED) is 0.358. The molecule has 0 amide bonds. The number of aliphatic imine (C=N–C) groups is 1. The zero-order valence-electron chi connectivity index (χ0n) is 18.1. The minimum absolute atomic E-state index is 0.292. The molecule has 0 aromatic heterocycles. The Hall–Kier alpha value is -1.63. The lowest BCUT2D eigenvalue weighted by Gasteiger charge is -2.20. The molecule has 3 atom stereocenters. The fraction of sp³-hybridized carbons (Fsp3) is 0.696. The molecule has 1 aromatic rings. The molecule has 0 bridgehead atoms. The third-order valence-electron chi connectivity index (χ3n) is 5.73. The molecule has 2 aliphatic rings. The van der Waals surface area contributed by atoms with E-state index in [9.17, 15) is 0 Å². The first-order chi connectivity index (χ1) is 14.2. The number of nitrogens with one attached hydrogen (secondary N) is 2. The summed E-state index contributed by atoms with van der Waals surface area (Å²) < 4.78 is 11.2. The predicted octanol–water partition coefficient (Wildman–Crippen LogP) is 2.65. The van der Waals surface area contributed by atoms with Gasteiger partial charge in [-0.2, -0.15) is 0 Å². The van der Waals surface area contributed by atoms with Crippen molar-refractivity contribution in [3.05, 3.63) is 35.9 Å². The smallest absolute Gasteiger partial charge is 0.191 e. The van der Waals surface area contributed by atoms with Crippen LogP contribution in [0.2, 0.25) is 0 Å². The minimum Gasteiger partial charge on any atom is -0.379 e. The molecule has 2 aliphatic heterocycles. The van der Waals surface area contributed by atoms with Crippen molar-refractivity contribution in [1.29, 1.82) is 0 Å². The topological polar surface area (TPSA) is 58.1 Å². The van der Waals surface area contributed by atoms with Crippen LogP contribution >= 0.6 is 0 Å². The molecule has 2 heterocycles. The highest BCUT2D eigenvalue weighted by atomic mass is 16.5. The molecule has 6 heteroatoms. The molecular weight excluding hydrogens is 364 g/mol. The summed E-state index contributed by atoms with van der Waals surface area (Å²) in [6.45, 7) is 11.6. The Morgan fingerprint density at radius 1 is 1.28 bits per heavy atom. The molecule has 3 unspecified atom stereocenters. The van der Waals surface area contributed by atoms with E-state index in [0.29, 0.717) is 18.1 Å². The minimum atomic E-state index is 0.292. The highest BCUT2D eigenvalue weighted by Gasteiger charge is 2.28. The van der Waals surface area contributed by atoms with Crippen molar-refractivity contribution in [3.8, 4) is 0 Å². The van der Waals surface area contributed by atoms with Gasteiger partial charge in [0.15, 0.2) is 5.96 Å². The summed E-state index contributed by atoms with van der Waals surface area (Å²) in [5.41, 5.74) is 1.39. The monoisotopic (exact) mass is 402 g/mol. The van der Waals surface area contributed by atoms with Gasteiger partial charge in [-0.05, 0) is 44.6 Å². The van der Waals surface area contributed by atoms with Crippen LogP contribution in [0.4, 0.5) is 0 Å². The van der Waals surface area contributed by atoms with Gasteiger partial charge in [-0.15, -0.1) is 0 Å². The maximum absolute atomic E-state index is 5.83. The Labute approximate surface area is 176 Å². The van der Waals surface area contributed by atoms with Crippen LogP contribution in [0.5, 0.6) is 0 Å². The average molecular weight is 403 g/mol. The predicted molar refractivity (Wildman–Crippen MR) is 118 cm³/mol. The van der Waals surface area contributed by atoms with Crippen LogP contribution < -0.4 is 10.6 Å². The standard InChI is InChI=1S/C23H38N4O2/c1-3-24-23(25-11-7-12-29-22-10-13-28-18-22)26-15-21-14-19(2)27(17-21)16-20-8-5-4-6-9-20/h4-6,8-9,19,21-22H,3,7,10-18H2,1-2H3,(H2,24,25,26). The van der Waals surface area contributed by atoms with Crippen LogP contribution in [0.15, 0.2) is 35.3 Å².